The zero-order valence-corrected chi connectivity index (χ0v) is 8.86. The number of nitrogens with two attached hydrogens (primary N) is 1. The number of hydrogen-bond donors (Lipinski definition) is 2. The summed E-state index contributed by atoms with van der Waals surface area (Å²) in [6.07, 6.45) is 3.18. The highest BCUT2D eigenvalue weighted by atomic mass is 16.5. The Labute approximate surface area is 92.7 Å². The third-order valence-corrected chi connectivity index (χ3v) is 2.37. The summed E-state index contributed by atoms with van der Waals surface area (Å²) in [5.41, 5.74) is 7.60. The van der Waals surface area contributed by atoms with E-state index in [1.807, 2.05) is 12.1 Å². The van der Waals surface area contributed by atoms with E-state index >= 15 is 0 Å². The topological polar surface area (TPSA) is 68.1 Å². The van der Waals surface area contributed by atoms with Gasteiger partial charge in [0.05, 0.1) is 12.7 Å². The van der Waals surface area contributed by atoms with Gasteiger partial charge in [0, 0.05) is 16.6 Å². The summed E-state index contributed by atoms with van der Waals surface area (Å²) in [6.45, 7) is 0. The quantitative estimate of drug-likeness (QED) is 0.753. The molecule has 0 aliphatic carbocycles. The molecule has 2 rings (SSSR count). The predicted molar refractivity (Wildman–Crippen MR) is 62.9 cm³/mol. The van der Waals surface area contributed by atoms with Gasteiger partial charge in [-0.05, 0) is 30.5 Å². The van der Waals surface area contributed by atoms with Gasteiger partial charge in [-0.2, -0.15) is 0 Å². The van der Waals surface area contributed by atoms with E-state index in [2.05, 4.69) is 4.98 Å². The van der Waals surface area contributed by atoms with Crippen molar-refractivity contribution in [3.05, 3.63) is 41.7 Å². The molecule has 1 aromatic carbocycles. The Morgan fingerprint density at radius 3 is 3.00 bits per heavy atom. The number of aromatic amines is 1. The van der Waals surface area contributed by atoms with Crippen molar-refractivity contribution in [1.82, 2.24) is 4.98 Å². The molecule has 0 amide bonds. The van der Waals surface area contributed by atoms with Crippen molar-refractivity contribution in [2.75, 3.05) is 7.11 Å². The number of carbonyl (C=O) groups is 1. The van der Waals surface area contributed by atoms with Crippen LogP contribution < -0.4 is 5.73 Å². The Morgan fingerprint density at radius 1 is 1.50 bits per heavy atom. The number of hydrogen-bond acceptors (Lipinski definition) is 3. The van der Waals surface area contributed by atoms with Crippen molar-refractivity contribution in [2.45, 2.75) is 0 Å². The molecular weight excluding hydrogens is 204 g/mol. The molecule has 0 fully saturated rings. The SMILES string of the molecule is COC(=O)c1cccc2[nH]c(/C=C/N)cc12. The Balaban J connectivity index is 2.62. The van der Waals surface area contributed by atoms with E-state index in [0.717, 1.165) is 16.6 Å². The summed E-state index contributed by atoms with van der Waals surface area (Å²) in [7, 11) is 1.37. The van der Waals surface area contributed by atoms with Gasteiger partial charge < -0.3 is 15.5 Å². The second-order valence-electron chi connectivity index (χ2n) is 3.34. The van der Waals surface area contributed by atoms with E-state index in [9.17, 15) is 4.79 Å². The predicted octanol–water partition coefficient (Wildman–Crippen LogP) is 1.88. The van der Waals surface area contributed by atoms with Crippen molar-refractivity contribution in [3.63, 3.8) is 0 Å². The Kier molecular flexibility index (Phi) is 2.64. The summed E-state index contributed by atoms with van der Waals surface area (Å²) < 4.78 is 4.72. The number of fused-ring (bicyclic) bond motifs is 1. The Hall–Kier alpha value is -2.23. The highest BCUT2D eigenvalue weighted by Gasteiger charge is 2.11. The zero-order chi connectivity index (χ0) is 11.5. The first-order valence-electron chi connectivity index (χ1n) is 4.84. The van der Waals surface area contributed by atoms with Crippen LogP contribution in [-0.4, -0.2) is 18.1 Å². The Morgan fingerprint density at radius 2 is 2.31 bits per heavy atom. The molecular formula is C12H12N2O2. The molecule has 2 aromatic rings. The van der Waals surface area contributed by atoms with Gasteiger partial charge in [-0.15, -0.1) is 0 Å². The van der Waals surface area contributed by atoms with Gasteiger partial charge in [-0.1, -0.05) is 6.07 Å². The van der Waals surface area contributed by atoms with E-state index in [-0.39, 0.29) is 5.97 Å². The minimum absolute atomic E-state index is 0.340. The summed E-state index contributed by atoms with van der Waals surface area (Å²) in [6, 6.07) is 7.31. The molecule has 16 heavy (non-hydrogen) atoms. The number of rotatable bonds is 2. The summed E-state index contributed by atoms with van der Waals surface area (Å²) in [5.74, 6) is -0.340. The maximum absolute atomic E-state index is 11.5. The molecule has 0 atom stereocenters. The van der Waals surface area contributed by atoms with Gasteiger partial charge in [0.15, 0.2) is 0 Å². The van der Waals surface area contributed by atoms with Crippen LogP contribution >= 0.6 is 0 Å². The van der Waals surface area contributed by atoms with Crippen LogP contribution in [0.4, 0.5) is 0 Å². The molecule has 0 bridgehead atoms. The van der Waals surface area contributed by atoms with Gasteiger partial charge in [0.1, 0.15) is 0 Å². The van der Waals surface area contributed by atoms with Crippen LogP contribution in [0.2, 0.25) is 0 Å². The first kappa shape index (κ1) is 10.3. The molecule has 4 heteroatoms. The normalized spacial score (nSPS) is 11.1. The maximum atomic E-state index is 11.5. The molecule has 0 unspecified atom stereocenters. The summed E-state index contributed by atoms with van der Waals surface area (Å²) in [5, 5.41) is 0.836. The minimum Gasteiger partial charge on any atom is -0.465 e. The van der Waals surface area contributed by atoms with Gasteiger partial charge in [0.2, 0.25) is 0 Å². The average Bonchev–Trinajstić information content (AvgIpc) is 2.70. The van der Waals surface area contributed by atoms with Gasteiger partial charge in [-0.25, -0.2) is 4.79 Å². The third-order valence-electron chi connectivity index (χ3n) is 2.37. The molecule has 1 aromatic heterocycles. The zero-order valence-electron chi connectivity index (χ0n) is 8.86. The van der Waals surface area contributed by atoms with E-state index in [1.165, 1.54) is 13.3 Å². The van der Waals surface area contributed by atoms with Crippen LogP contribution in [0.5, 0.6) is 0 Å². The van der Waals surface area contributed by atoms with E-state index in [1.54, 1.807) is 18.2 Å². The van der Waals surface area contributed by atoms with Crippen LogP contribution in [0.3, 0.4) is 0 Å². The van der Waals surface area contributed by atoms with Gasteiger partial charge in [0.25, 0.3) is 0 Å². The van der Waals surface area contributed by atoms with Gasteiger partial charge >= 0.3 is 5.97 Å². The second kappa shape index (κ2) is 4.10. The fourth-order valence-electron chi connectivity index (χ4n) is 1.66. The molecule has 0 radical (unpaired) electrons. The fraction of sp³-hybridized carbons (Fsp3) is 0.0833. The van der Waals surface area contributed by atoms with Crippen LogP contribution in [0.1, 0.15) is 16.1 Å². The summed E-state index contributed by atoms with van der Waals surface area (Å²) in [4.78, 5) is 14.7. The van der Waals surface area contributed by atoms with Gasteiger partial charge in [-0.3, -0.25) is 0 Å². The number of esters is 1. The molecule has 0 aliphatic rings. The summed E-state index contributed by atoms with van der Waals surface area (Å²) >= 11 is 0. The maximum Gasteiger partial charge on any atom is 0.338 e. The molecule has 82 valence electrons. The van der Waals surface area contributed by atoms with Crippen molar-refractivity contribution >= 4 is 22.9 Å². The second-order valence-corrected chi connectivity index (χ2v) is 3.34. The van der Waals surface area contributed by atoms with Crippen LogP contribution in [0.25, 0.3) is 17.0 Å². The number of nitrogens with one attached hydrogen (secondary N) is 1. The lowest BCUT2D eigenvalue weighted by atomic mass is 10.1. The fourth-order valence-corrected chi connectivity index (χ4v) is 1.66. The number of methoxy groups -OCH3 is 1. The molecule has 3 N–H and O–H groups in total. The first-order valence-corrected chi connectivity index (χ1v) is 4.84. The highest BCUT2D eigenvalue weighted by Crippen LogP contribution is 2.21. The first-order chi connectivity index (χ1) is 7.76. The van der Waals surface area contributed by atoms with Crippen LogP contribution in [-0.2, 0) is 4.74 Å². The van der Waals surface area contributed by atoms with Crippen molar-refractivity contribution in [2.24, 2.45) is 5.73 Å². The van der Waals surface area contributed by atoms with Crippen LogP contribution in [0.15, 0.2) is 30.5 Å². The number of carbonyl (C=O) groups excluding carboxylic acids is 1. The number of H-pyrrole nitrogens is 1. The number of ether oxygens (including phenoxy) is 1. The third kappa shape index (κ3) is 1.65. The van der Waals surface area contributed by atoms with Crippen molar-refractivity contribution in [1.29, 1.82) is 0 Å². The standard InChI is InChI=1S/C12H12N2O2/c1-16-12(15)9-3-2-4-11-10(9)7-8(14-11)5-6-13/h2-7,14H,13H2,1H3/b6-5+. The lowest BCUT2D eigenvalue weighted by Gasteiger charge is -1.99. The lowest BCUT2D eigenvalue weighted by Crippen LogP contribution is -2.00. The average molecular weight is 216 g/mol. The monoisotopic (exact) mass is 216 g/mol. The molecule has 4 nitrogen and oxygen atoms in total. The van der Waals surface area contributed by atoms with E-state index in [4.69, 9.17) is 10.5 Å². The number of benzene rings is 1. The minimum atomic E-state index is -0.340. The van der Waals surface area contributed by atoms with Crippen molar-refractivity contribution < 1.29 is 9.53 Å². The molecule has 0 saturated carbocycles. The Bertz CT molecular complexity index is 555. The lowest BCUT2D eigenvalue weighted by molar-refractivity contribution is 0.0603. The number of aromatic nitrogens is 1. The van der Waals surface area contributed by atoms with E-state index in [0.29, 0.717) is 5.56 Å². The highest BCUT2D eigenvalue weighted by molar-refractivity contribution is 6.04. The van der Waals surface area contributed by atoms with Crippen molar-refractivity contribution in [3.8, 4) is 0 Å². The van der Waals surface area contributed by atoms with E-state index < -0.39 is 0 Å². The molecule has 0 spiro atoms. The smallest absolute Gasteiger partial charge is 0.338 e. The largest absolute Gasteiger partial charge is 0.465 e. The van der Waals surface area contributed by atoms with Crippen LogP contribution in [0, 0.1) is 0 Å². The molecule has 1 heterocycles. The molecule has 0 aliphatic heterocycles. The molecule has 0 saturated heterocycles.